The summed E-state index contributed by atoms with van der Waals surface area (Å²) in [7, 11) is 14.9. The van der Waals surface area contributed by atoms with Crippen LogP contribution in [0.4, 0.5) is 0 Å². The Kier molecular flexibility index (Phi) is 31.8. The smallest absolute Gasteiger partial charge is 0.326 e. The number of carbonyl (C=O) groups excluding carboxylic acids is 4. The second kappa shape index (κ2) is 28.9. The Balaban J connectivity index is -0.000000256. The summed E-state index contributed by atoms with van der Waals surface area (Å²) in [5, 5.41) is 0. The molecule has 0 aliphatic heterocycles. The lowest BCUT2D eigenvalue weighted by Gasteiger charge is -2.30. The Bertz CT molecular complexity index is 733. The second-order valence-electron chi connectivity index (χ2n) is 12.5. The fourth-order valence-electron chi connectivity index (χ4n) is 2.20. The lowest BCUT2D eigenvalue weighted by Crippen LogP contribution is -2.47. The molecular weight excluding hydrogens is 592 g/mol. The van der Waals surface area contributed by atoms with Gasteiger partial charge >= 0.3 is 23.9 Å². The summed E-state index contributed by atoms with van der Waals surface area (Å²) >= 11 is 0. The van der Waals surface area contributed by atoms with Crippen LogP contribution in [0.25, 0.3) is 0 Å². The van der Waals surface area contributed by atoms with Gasteiger partial charge in [0.2, 0.25) is 0 Å². The first-order chi connectivity index (χ1) is 21.1. The van der Waals surface area contributed by atoms with Crippen LogP contribution in [0.3, 0.4) is 0 Å². The lowest BCUT2D eigenvalue weighted by molar-refractivity contribution is -0.159. The van der Waals surface area contributed by atoms with E-state index in [-0.39, 0.29) is 48.1 Å². The largest absolute Gasteiger partial charge is 0.465 e. The molecular formula is C34H72N4O8. The molecule has 0 aromatic heterocycles. The first-order valence-corrected chi connectivity index (χ1v) is 16.5. The quantitative estimate of drug-likeness (QED) is 0.173. The molecule has 0 spiro atoms. The molecule has 0 saturated carbocycles. The second-order valence-corrected chi connectivity index (χ2v) is 12.5. The molecule has 46 heavy (non-hydrogen) atoms. The Morgan fingerprint density at radius 1 is 0.543 bits per heavy atom. The Hall–Kier alpha value is -2.28. The Morgan fingerprint density at radius 3 is 0.978 bits per heavy atom. The van der Waals surface area contributed by atoms with E-state index >= 15 is 0 Å². The number of likely N-dealkylation sites (N-methyl/N-ethyl adjacent to an activating group) is 4. The highest BCUT2D eigenvalue weighted by atomic mass is 16.6. The van der Waals surface area contributed by atoms with Gasteiger partial charge in [-0.1, -0.05) is 27.7 Å². The molecule has 4 unspecified atom stereocenters. The van der Waals surface area contributed by atoms with E-state index in [1.54, 1.807) is 0 Å². The van der Waals surface area contributed by atoms with Crippen molar-refractivity contribution in [2.75, 3.05) is 76.2 Å². The van der Waals surface area contributed by atoms with Crippen molar-refractivity contribution in [1.29, 1.82) is 0 Å². The SMILES string of the molecule is CCC(C)OC(=O)C(C)(C)N(C)C.CCCOC(=O)C(C)N(C)C.CCCOC(=O)C(C)N(C)C.CCCOC(=O)C(C)N(C)C. The van der Waals surface area contributed by atoms with Gasteiger partial charge in [0.05, 0.1) is 25.9 Å². The van der Waals surface area contributed by atoms with E-state index < -0.39 is 5.54 Å². The highest BCUT2D eigenvalue weighted by Crippen LogP contribution is 2.14. The zero-order valence-corrected chi connectivity index (χ0v) is 32.8. The monoisotopic (exact) mass is 665 g/mol. The maximum absolute atomic E-state index is 11.6. The molecule has 0 fully saturated rings. The van der Waals surface area contributed by atoms with Crippen molar-refractivity contribution in [3.8, 4) is 0 Å². The van der Waals surface area contributed by atoms with Crippen molar-refractivity contribution in [3.63, 3.8) is 0 Å². The zero-order valence-electron chi connectivity index (χ0n) is 32.8. The van der Waals surface area contributed by atoms with E-state index in [0.29, 0.717) is 19.8 Å². The number of ether oxygens (including phenoxy) is 4. The van der Waals surface area contributed by atoms with Crippen LogP contribution in [0, 0.1) is 0 Å². The summed E-state index contributed by atoms with van der Waals surface area (Å²) in [4.78, 5) is 52.2. The number of hydrogen-bond acceptors (Lipinski definition) is 12. The van der Waals surface area contributed by atoms with Crippen molar-refractivity contribution < 1.29 is 38.1 Å². The Morgan fingerprint density at radius 2 is 0.804 bits per heavy atom. The van der Waals surface area contributed by atoms with Crippen LogP contribution >= 0.6 is 0 Å². The normalized spacial score (nSPS) is 13.5. The molecule has 276 valence electrons. The summed E-state index contributed by atoms with van der Waals surface area (Å²) in [6.07, 6.45) is 3.51. The summed E-state index contributed by atoms with van der Waals surface area (Å²) in [5.41, 5.74) is -0.538. The third-order valence-electron chi connectivity index (χ3n) is 7.19. The van der Waals surface area contributed by atoms with Gasteiger partial charge in [-0.3, -0.25) is 38.8 Å². The maximum atomic E-state index is 11.6. The minimum atomic E-state index is -0.538. The molecule has 0 aliphatic carbocycles. The van der Waals surface area contributed by atoms with Gasteiger partial charge in [-0.25, -0.2) is 0 Å². The van der Waals surface area contributed by atoms with Gasteiger partial charge in [0.15, 0.2) is 0 Å². The van der Waals surface area contributed by atoms with Gasteiger partial charge in [-0.15, -0.1) is 0 Å². The molecule has 0 aromatic carbocycles. The maximum Gasteiger partial charge on any atom is 0.326 e. The molecule has 0 saturated heterocycles. The van der Waals surface area contributed by atoms with Gasteiger partial charge < -0.3 is 18.9 Å². The van der Waals surface area contributed by atoms with Crippen LogP contribution in [0.2, 0.25) is 0 Å². The van der Waals surface area contributed by atoms with Crippen LogP contribution in [0.15, 0.2) is 0 Å². The van der Waals surface area contributed by atoms with Crippen molar-refractivity contribution in [2.24, 2.45) is 0 Å². The third-order valence-corrected chi connectivity index (χ3v) is 7.19. The predicted molar refractivity (Wildman–Crippen MR) is 187 cm³/mol. The highest BCUT2D eigenvalue weighted by molar-refractivity contribution is 5.80. The average Bonchev–Trinajstić information content (AvgIpc) is 3.00. The number of nitrogens with zero attached hydrogens (tertiary/aromatic N) is 4. The molecule has 0 rings (SSSR count). The van der Waals surface area contributed by atoms with E-state index in [4.69, 9.17) is 18.9 Å². The molecule has 12 heteroatoms. The van der Waals surface area contributed by atoms with Gasteiger partial charge in [0.25, 0.3) is 0 Å². The minimum Gasteiger partial charge on any atom is -0.465 e. The van der Waals surface area contributed by atoms with Crippen molar-refractivity contribution in [2.45, 2.75) is 125 Å². The van der Waals surface area contributed by atoms with Gasteiger partial charge in [0, 0.05) is 0 Å². The number of carbonyl (C=O) groups is 4. The summed E-state index contributed by atoms with van der Waals surface area (Å²) in [6.45, 7) is 20.6. The molecule has 0 heterocycles. The average molecular weight is 665 g/mol. The molecule has 0 amide bonds. The summed E-state index contributed by atoms with van der Waals surface area (Å²) in [6, 6.07) is -0.412. The number of rotatable bonds is 16. The van der Waals surface area contributed by atoms with E-state index in [1.807, 2.05) is 145 Å². The topological polar surface area (TPSA) is 118 Å². The summed E-state index contributed by atoms with van der Waals surface area (Å²) in [5.74, 6) is -0.586. The molecule has 0 bridgehead atoms. The number of hydrogen-bond donors (Lipinski definition) is 0. The fourth-order valence-corrected chi connectivity index (χ4v) is 2.20. The molecule has 0 aliphatic rings. The van der Waals surface area contributed by atoms with Crippen LogP contribution in [-0.2, 0) is 38.1 Å². The third kappa shape index (κ3) is 25.9. The molecule has 4 atom stereocenters. The van der Waals surface area contributed by atoms with Crippen LogP contribution < -0.4 is 0 Å². The van der Waals surface area contributed by atoms with Gasteiger partial charge in [-0.2, -0.15) is 0 Å². The van der Waals surface area contributed by atoms with Crippen molar-refractivity contribution >= 4 is 23.9 Å². The van der Waals surface area contributed by atoms with E-state index in [0.717, 1.165) is 25.7 Å². The lowest BCUT2D eigenvalue weighted by atomic mass is 10.1. The zero-order chi connectivity index (χ0) is 37.2. The van der Waals surface area contributed by atoms with E-state index in [1.165, 1.54) is 0 Å². The van der Waals surface area contributed by atoms with Crippen molar-refractivity contribution in [1.82, 2.24) is 19.6 Å². The highest BCUT2D eigenvalue weighted by Gasteiger charge is 2.32. The van der Waals surface area contributed by atoms with E-state index in [9.17, 15) is 19.2 Å². The van der Waals surface area contributed by atoms with Crippen LogP contribution in [0.5, 0.6) is 0 Å². The first-order valence-electron chi connectivity index (χ1n) is 16.5. The minimum absolute atomic E-state index is 0.00623. The van der Waals surface area contributed by atoms with Gasteiger partial charge in [-0.05, 0) is 124 Å². The predicted octanol–water partition coefficient (Wildman–Crippen LogP) is 4.34. The molecule has 0 N–H and O–H groups in total. The molecule has 12 nitrogen and oxygen atoms in total. The Labute approximate surface area is 282 Å². The van der Waals surface area contributed by atoms with E-state index in [2.05, 4.69) is 0 Å². The van der Waals surface area contributed by atoms with Crippen LogP contribution in [0.1, 0.15) is 94.9 Å². The number of esters is 4. The van der Waals surface area contributed by atoms with Crippen molar-refractivity contribution in [3.05, 3.63) is 0 Å². The standard InChI is InChI=1S/C10H21NO2.3C8H17NO2/c1-7-8(2)13-9(12)10(3,4)11(5)6;3*1-5-6-11-8(10)7(2)9(3)4/h8H,7H2,1-6H3;3*7H,5-6H2,1-4H3. The molecule has 0 radical (unpaired) electrons. The van der Waals surface area contributed by atoms with Crippen LogP contribution in [-0.4, -0.2) is 149 Å². The summed E-state index contributed by atoms with van der Waals surface area (Å²) < 4.78 is 20.0. The first kappa shape index (κ1) is 50.6. The fraction of sp³-hybridized carbons (Fsp3) is 0.882. The molecule has 0 aromatic rings. The van der Waals surface area contributed by atoms with Gasteiger partial charge in [0.1, 0.15) is 23.7 Å².